The van der Waals surface area contributed by atoms with E-state index in [1.807, 2.05) is 6.92 Å². The summed E-state index contributed by atoms with van der Waals surface area (Å²) in [7, 11) is 0. The van der Waals surface area contributed by atoms with E-state index in [0.717, 1.165) is 6.07 Å². The Balaban J connectivity index is 2.40. The second-order valence-electron chi connectivity index (χ2n) is 5.18. The smallest absolute Gasteiger partial charge is 0.385 e. The summed E-state index contributed by atoms with van der Waals surface area (Å²) in [6.45, 7) is 3.01. The fourth-order valence-electron chi connectivity index (χ4n) is 2.80. The van der Waals surface area contributed by atoms with Crippen LogP contribution in [-0.4, -0.2) is 18.2 Å². The van der Waals surface area contributed by atoms with Crippen molar-refractivity contribution in [1.29, 1.82) is 0 Å². The fraction of sp³-hybridized carbons (Fsp3) is 0.571. The third-order valence-electron chi connectivity index (χ3n) is 4.02. The second kappa shape index (κ2) is 5.33. The van der Waals surface area contributed by atoms with E-state index in [1.165, 1.54) is 6.07 Å². The zero-order valence-corrected chi connectivity index (χ0v) is 11.1. The SMILES string of the molecule is CCC1CNCCC1(O)c1ccc(C(F)(F)F)c(F)c1. The molecule has 1 fully saturated rings. The number of benzene rings is 1. The summed E-state index contributed by atoms with van der Waals surface area (Å²) in [4.78, 5) is 0. The highest BCUT2D eigenvalue weighted by Crippen LogP contribution is 2.39. The van der Waals surface area contributed by atoms with E-state index in [0.29, 0.717) is 32.0 Å². The van der Waals surface area contributed by atoms with Crippen LogP contribution in [0, 0.1) is 11.7 Å². The first kappa shape index (κ1) is 15.3. The Morgan fingerprint density at radius 3 is 2.65 bits per heavy atom. The quantitative estimate of drug-likeness (QED) is 0.821. The molecular formula is C14H17F4NO. The topological polar surface area (TPSA) is 32.3 Å². The molecule has 1 aliphatic rings. The first-order chi connectivity index (χ1) is 9.29. The van der Waals surface area contributed by atoms with Gasteiger partial charge in [-0.05, 0) is 37.1 Å². The number of nitrogens with one attached hydrogen (secondary N) is 1. The Labute approximate surface area is 114 Å². The molecule has 1 aromatic rings. The van der Waals surface area contributed by atoms with Crippen molar-refractivity contribution in [3.63, 3.8) is 0 Å². The number of halogens is 4. The lowest BCUT2D eigenvalue weighted by atomic mass is 9.75. The van der Waals surface area contributed by atoms with Crippen molar-refractivity contribution in [2.45, 2.75) is 31.5 Å². The van der Waals surface area contributed by atoms with E-state index in [-0.39, 0.29) is 11.5 Å². The van der Waals surface area contributed by atoms with Crippen LogP contribution >= 0.6 is 0 Å². The van der Waals surface area contributed by atoms with E-state index in [2.05, 4.69) is 5.32 Å². The Bertz CT molecular complexity index is 489. The first-order valence-corrected chi connectivity index (χ1v) is 6.59. The number of hydrogen-bond acceptors (Lipinski definition) is 2. The second-order valence-corrected chi connectivity index (χ2v) is 5.18. The van der Waals surface area contributed by atoms with Gasteiger partial charge in [0.15, 0.2) is 0 Å². The summed E-state index contributed by atoms with van der Waals surface area (Å²) in [5, 5.41) is 13.9. The minimum atomic E-state index is -4.72. The molecule has 2 unspecified atom stereocenters. The van der Waals surface area contributed by atoms with Crippen molar-refractivity contribution in [3.05, 3.63) is 35.1 Å². The van der Waals surface area contributed by atoms with E-state index in [4.69, 9.17) is 0 Å². The van der Waals surface area contributed by atoms with Crippen molar-refractivity contribution in [2.75, 3.05) is 13.1 Å². The highest BCUT2D eigenvalue weighted by molar-refractivity contribution is 5.31. The minimum absolute atomic E-state index is 0.146. The third-order valence-corrected chi connectivity index (χ3v) is 4.02. The van der Waals surface area contributed by atoms with Crippen LogP contribution in [0.1, 0.15) is 30.9 Å². The molecule has 1 aromatic carbocycles. The fourth-order valence-corrected chi connectivity index (χ4v) is 2.80. The van der Waals surface area contributed by atoms with Crippen LogP contribution in [0.5, 0.6) is 0 Å². The van der Waals surface area contributed by atoms with Gasteiger partial charge in [0.25, 0.3) is 0 Å². The molecule has 0 saturated carbocycles. The van der Waals surface area contributed by atoms with Crippen molar-refractivity contribution >= 4 is 0 Å². The number of aliphatic hydroxyl groups is 1. The van der Waals surface area contributed by atoms with Gasteiger partial charge in [-0.1, -0.05) is 13.0 Å². The van der Waals surface area contributed by atoms with Crippen LogP contribution in [-0.2, 0) is 11.8 Å². The molecule has 1 aliphatic heterocycles. The normalized spacial score (nSPS) is 27.6. The number of alkyl halides is 3. The van der Waals surface area contributed by atoms with Crippen LogP contribution < -0.4 is 5.32 Å². The molecule has 20 heavy (non-hydrogen) atoms. The zero-order chi connectivity index (χ0) is 15.0. The molecule has 0 aromatic heterocycles. The minimum Gasteiger partial charge on any atom is -0.385 e. The largest absolute Gasteiger partial charge is 0.419 e. The Hall–Kier alpha value is -1.14. The van der Waals surface area contributed by atoms with Gasteiger partial charge in [0.05, 0.1) is 11.2 Å². The maximum absolute atomic E-state index is 13.7. The van der Waals surface area contributed by atoms with Gasteiger partial charge in [-0.2, -0.15) is 13.2 Å². The van der Waals surface area contributed by atoms with Gasteiger partial charge in [0.2, 0.25) is 0 Å². The molecule has 1 saturated heterocycles. The molecular weight excluding hydrogens is 274 g/mol. The summed E-state index contributed by atoms with van der Waals surface area (Å²) in [5.41, 5.74) is -2.35. The molecule has 1 heterocycles. The predicted octanol–water partition coefficient (Wildman–Crippen LogP) is 3.05. The zero-order valence-electron chi connectivity index (χ0n) is 11.1. The summed E-state index contributed by atoms with van der Waals surface area (Å²) >= 11 is 0. The van der Waals surface area contributed by atoms with Crippen LogP contribution in [0.15, 0.2) is 18.2 Å². The number of piperidine rings is 1. The van der Waals surface area contributed by atoms with Gasteiger partial charge in [0, 0.05) is 12.5 Å². The lowest BCUT2D eigenvalue weighted by Crippen LogP contribution is -2.48. The molecule has 0 spiro atoms. The van der Waals surface area contributed by atoms with Gasteiger partial charge in [-0.25, -0.2) is 4.39 Å². The van der Waals surface area contributed by atoms with Crippen LogP contribution in [0.3, 0.4) is 0 Å². The highest BCUT2D eigenvalue weighted by Gasteiger charge is 2.41. The average Bonchev–Trinajstić information content (AvgIpc) is 2.37. The predicted molar refractivity (Wildman–Crippen MR) is 66.6 cm³/mol. The van der Waals surface area contributed by atoms with Crippen molar-refractivity contribution < 1.29 is 22.7 Å². The summed E-state index contributed by atoms with van der Waals surface area (Å²) in [5.74, 6) is -1.48. The highest BCUT2D eigenvalue weighted by atomic mass is 19.4. The lowest BCUT2D eigenvalue weighted by molar-refractivity contribution is -0.140. The van der Waals surface area contributed by atoms with Gasteiger partial charge in [0.1, 0.15) is 5.82 Å². The summed E-state index contributed by atoms with van der Waals surface area (Å²) in [6.07, 6.45) is -3.70. The maximum Gasteiger partial charge on any atom is 0.419 e. The number of rotatable bonds is 2. The van der Waals surface area contributed by atoms with Gasteiger partial charge >= 0.3 is 6.18 Å². The maximum atomic E-state index is 13.7. The van der Waals surface area contributed by atoms with Crippen molar-refractivity contribution in [1.82, 2.24) is 5.32 Å². The summed E-state index contributed by atoms with van der Waals surface area (Å²) < 4.78 is 51.3. The molecule has 2 atom stereocenters. The van der Waals surface area contributed by atoms with Crippen molar-refractivity contribution in [2.24, 2.45) is 5.92 Å². The standard InChI is InChI=1S/C14H17F4NO/c1-2-9-8-19-6-5-13(9,20)10-3-4-11(12(15)7-10)14(16,17)18/h3-4,7,9,19-20H,2,5-6,8H2,1H3. The lowest BCUT2D eigenvalue weighted by Gasteiger charge is -2.40. The van der Waals surface area contributed by atoms with Crippen LogP contribution in [0.25, 0.3) is 0 Å². The number of hydrogen-bond donors (Lipinski definition) is 2. The van der Waals surface area contributed by atoms with E-state index >= 15 is 0 Å². The van der Waals surface area contributed by atoms with E-state index in [9.17, 15) is 22.7 Å². The molecule has 2 N–H and O–H groups in total. The molecule has 112 valence electrons. The van der Waals surface area contributed by atoms with Crippen LogP contribution in [0.2, 0.25) is 0 Å². The van der Waals surface area contributed by atoms with Gasteiger partial charge < -0.3 is 10.4 Å². The first-order valence-electron chi connectivity index (χ1n) is 6.59. The molecule has 0 bridgehead atoms. The Morgan fingerprint density at radius 1 is 1.40 bits per heavy atom. The average molecular weight is 291 g/mol. The van der Waals surface area contributed by atoms with Crippen molar-refractivity contribution in [3.8, 4) is 0 Å². The summed E-state index contributed by atoms with van der Waals surface area (Å²) in [6, 6.07) is 2.70. The Kier molecular flexibility index (Phi) is 4.07. The molecule has 2 rings (SSSR count). The third kappa shape index (κ3) is 2.67. The van der Waals surface area contributed by atoms with Gasteiger partial charge in [-0.15, -0.1) is 0 Å². The molecule has 6 heteroatoms. The monoisotopic (exact) mass is 291 g/mol. The molecule has 2 nitrogen and oxygen atoms in total. The van der Waals surface area contributed by atoms with E-state index < -0.39 is 23.2 Å². The van der Waals surface area contributed by atoms with E-state index in [1.54, 1.807) is 0 Å². The molecule has 0 amide bonds. The Morgan fingerprint density at radius 2 is 2.10 bits per heavy atom. The molecule has 0 aliphatic carbocycles. The van der Waals surface area contributed by atoms with Crippen LogP contribution in [0.4, 0.5) is 17.6 Å². The van der Waals surface area contributed by atoms with Gasteiger partial charge in [-0.3, -0.25) is 0 Å². The molecule has 0 radical (unpaired) electrons.